The number of rotatable bonds is 2. The summed E-state index contributed by atoms with van der Waals surface area (Å²) >= 11 is 3.28. The van der Waals surface area contributed by atoms with Crippen molar-refractivity contribution in [2.75, 3.05) is 0 Å². The summed E-state index contributed by atoms with van der Waals surface area (Å²) < 4.78 is 6.92. The molecule has 4 nitrogen and oxygen atoms in total. The van der Waals surface area contributed by atoms with E-state index in [1.54, 1.807) is 18.2 Å². The molecule has 0 aliphatic heterocycles. The van der Waals surface area contributed by atoms with Crippen molar-refractivity contribution in [1.29, 1.82) is 0 Å². The Morgan fingerprint density at radius 3 is 2.81 bits per heavy atom. The molecule has 0 radical (unpaired) electrons. The first-order chi connectivity index (χ1) is 7.63. The van der Waals surface area contributed by atoms with Crippen LogP contribution in [0.2, 0.25) is 0 Å². The van der Waals surface area contributed by atoms with Crippen LogP contribution in [0.1, 0.15) is 13.3 Å². The molecule has 0 bridgehead atoms. The molecular weight excluding hydrogens is 274 g/mol. The van der Waals surface area contributed by atoms with E-state index >= 15 is 0 Å². The quantitative estimate of drug-likeness (QED) is 0.848. The summed E-state index contributed by atoms with van der Waals surface area (Å²) in [6, 6.07) is 5.20. The summed E-state index contributed by atoms with van der Waals surface area (Å²) in [5.74, 6) is -0.596. The van der Waals surface area contributed by atoms with Gasteiger partial charge < -0.3 is 4.42 Å². The number of aryl methyl sites for hydroxylation is 1. The average molecular weight is 284 g/mol. The van der Waals surface area contributed by atoms with Crippen LogP contribution < -0.4 is 11.4 Å². The fraction of sp³-hybridized carbons (Fsp3) is 0.273. The second-order valence-electron chi connectivity index (χ2n) is 3.47. The molecule has 1 aromatic carbocycles. The zero-order chi connectivity index (χ0) is 11.7. The van der Waals surface area contributed by atoms with Gasteiger partial charge in [0.1, 0.15) is 0 Å². The lowest BCUT2D eigenvalue weighted by Gasteiger charge is -2.06. The van der Waals surface area contributed by atoms with Crippen LogP contribution in [-0.4, -0.2) is 4.57 Å². The molecule has 1 aromatic heterocycles. The third-order valence-electron chi connectivity index (χ3n) is 2.32. The maximum Gasteiger partial charge on any atom is 0.422 e. The minimum absolute atomic E-state index is 0.419. The van der Waals surface area contributed by atoms with E-state index in [9.17, 15) is 9.59 Å². The molecule has 0 N–H and O–H groups in total. The Morgan fingerprint density at radius 1 is 1.38 bits per heavy atom. The molecule has 16 heavy (non-hydrogen) atoms. The summed E-state index contributed by atoms with van der Waals surface area (Å²) in [6.07, 6.45) is 0.804. The van der Waals surface area contributed by atoms with Gasteiger partial charge in [-0.1, -0.05) is 22.9 Å². The van der Waals surface area contributed by atoms with Crippen molar-refractivity contribution in [3.63, 3.8) is 0 Å². The minimum Gasteiger partial charge on any atom is -0.372 e. The van der Waals surface area contributed by atoms with Crippen LogP contribution in [0.3, 0.4) is 0 Å². The van der Waals surface area contributed by atoms with Crippen molar-refractivity contribution in [2.45, 2.75) is 19.9 Å². The van der Waals surface area contributed by atoms with E-state index in [-0.39, 0.29) is 0 Å². The Morgan fingerprint density at radius 2 is 2.12 bits per heavy atom. The molecule has 0 fully saturated rings. The molecule has 0 aliphatic rings. The van der Waals surface area contributed by atoms with Crippen LogP contribution in [0.15, 0.2) is 36.7 Å². The number of benzene rings is 1. The Bertz CT molecular complexity index is 642. The smallest absolute Gasteiger partial charge is 0.372 e. The van der Waals surface area contributed by atoms with Gasteiger partial charge >= 0.3 is 11.4 Å². The van der Waals surface area contributed by atoms with Crippen LogP contribution in [0.25, 0.3) is 10.9 Å². The van der Waals surface area contributed by atoms with Gasteiger partial charge in [0.25, 0.3) is 0 Å². The highest BCUT2D eigenvalue weighted by atomic mass is 79.9. The second-order valence-corrected chi connectivity index (χ2v) is 4.38. The summed E-state index contributed by atoms with van der Waals surface area (Å²) in [4.78, 5) is 23.0. The van der Waals surface area contributed by atoms with E-state index in [2.05, 4.69) is 20.3 Å². The van der Waals surface area contributed by atoms with Gasteiger partial charge in [-0.3, -0.25) is 4.57 Å². The Labute approximate surface area is 99.6 Å². The highest BCUT2D eigenvalue weighted by Crippen LogP contribution is 2.16. The second kappa shape index (κ2) is 4.25. The van der Waals surface area contributed by atoms with Crippen molar-refractivity contribution in [3.05, 3.63) is 43.6 Å². The monoisotopic (exact) mass is 283 g/mol. The summed E-state index contributed by atoms with van der Waals surface area (Å²) in [5.41, 5.74) is 0.0277. The topological polar surface area (TPSA) is 52.2 Å². The molecule has 2 aromatic rings. The van der Waals surface area contributed by atoms with Crippen LogP contribution in [-0.2, 0) is 6.54 Å². The zero-order valence-corrected chi connectivity index (χ0v) is 10.3. The predicted molar refractivity (Wildman–Crippen MR) is 64.7 cm³/mol. The first kappa shape index (κ1) is 11.1. The number of hydrogen-bond acceptors (Lipinski definition) is 3. The summed E-state index contributed by atoms with van der Waals surface area (Å²) in [5, 5.41) is 0.419. The molecule has 1 heterocycles. The molecule has 0 atom stereocenters. The number of aromatic nitrogens is 1. The number of hydrogen-bond donors (Lipinski definition) is 0. The highest BCUT2D eigenvalue weighted by Gasteiger charge is 2.08. The van der Waals surface area contributed by atoms with Crippen molar-refractivity contribution < 1.29 is 4.42 Å². The number of halogens is 1. The van der Waals surface area contributed by atoms with E-state index in [4.69, 9.17) is 0 Å². The summed E-state index contributed by atoms with van der Waals surface area (Å²) in [6.45, 7) is 2.50. The van der Waals surface area contributed by atoms with Crippen LogP contribution in [0, 0.1) is 0 Å². The van der Waals surface area contributed by atoms with Crippen molar-refractivity contribution in [2.24, 2.45) is 0 Å². The number of nitrogens with zero attached hydrogens (tertiary/aromatic N) is 1. The van der Waals surface area contributed by atoms with Gasteiger partial charge in [-0.25, -0.2) is 9.59 Å². The van der Waals surface area contributed by atoms with E-state index in [1.807, 2.05) is 6.92 Å². The largest absolute Gasteiger partial charge is 0.422 e. The van der Waals surface area contributed by atoms with E-state index < -0.39 is 11.4 Å². The molecule has 0 amide bonds. The van der Waals surface area contributed by atoms with Gasteiger partial charge in [-0.15, -0.1) is 0 Å². The van der Waals surface area contributed by atoms with E-state index in [0.29, 0.717) is 17.4 Å². The van der Waals surface area contributed by atoms with Crippen molar-refractivity contribution >= 4 is 26.8 Å². The van der Waals surface area contributed by atoms with Crippen LogP contribution in [0.4, 0.5) is 0 Å². The number of fused-ring (bicyclic) bond motifs is 1. The first-order valence-corrected chi connectivity index (χ1v) is 5.76. The highest BCUT2D eigenvalue weighted by molar-refractivity contribution is 9.10. The minimum atomic E-state index is -0.596. The lowest BCUT2D eigenvalue weighted by atomic mass is 10.2. The molecule has 0 unspecified atom stereocenters. The zero-order valence-electron chi connectivity index (χ0n) is 8.70. The Hall–Kier alpha value is -1.36. The molecule has 2 rings (SSSR count). The summed E-state index contributed by atoms with van der Waals surface area (Å²) in [7, 11) is 0. The molecule has 0 spiro atoms. The van der Waals surface area contributed by atoms with Gasteiger partial charge in [-0.2, -0.15) is 0 Å². The SMILES string of the molecule is CCCn1c(=O)oc(=O)c2cc(Br)ccc21. The maximum absolute atomic E-state index is 11.5. The van der Waals surface area contributed by atoms with Crippen molar-refractivity contribution in [1.82, 2.24) is 4.57 Å². The lowest BCUT2D eigenvalue weighted by Crippen LogP contribution is -2.24. The van der Waals surface area contributed by atoms with Crippen LogP contribution in [0.5, 0.6) is 0 Å². The van der Waals surface area contributed by atoms with Gasteiger partial charge in [0.05, 0.1) is 10.9 Å². The fourth-order valence-electron chi connectivity index (χ4n) is 1.63. The molecular formula is C11H10BrNO3. The van der Waals surface area contributed by atoms with Gasteiger partial charge in [-0.05, 0) is 24.6 Å². The Balaban J connectivity index is 2.90. The fourth-order valence-corrected chi connectivity index (χ4v) is 1.99. The first-order valence-electron chi connectivity index (χ1n) is 4.96. The molecule has 84 valence electrons. The normalized spacial score (nSPS) is 10.9. The molecule has 5 heteroatoms. The van der Waals surface area contributed by atoms with Gasteiger partial charge in [0, 0.05) is 11.0 Å². The molecule has 0 saturated heterocycles. The van der Waals surface area contributed by atoms with Crippen LogP contribution >= 0.6 is 15.9 Å². The molecule has 0 saturated carbocycles. The van der Waals surface area contributed by atoms with Crippen molar-refractivity contribution in [3.8, 4) is 0 Å². The lowest BCUT2D eigenvalue weighted by molar-refractivity contribution is 0.415. The standard InChI is InChI=1S/C11H10BrNO3/c1-2-5-13-9-4-3-7(12)6-8(9)10(14)16-11(13)15/h3-4,6H,2,5H2,1H3. The van der Waals surface area contributed by atoms with E-state index in [1.165, 1.54) is 4.57 Å². The maximum atomic E-state index is 11.5. The van der Waals surface area contributed by atoms with E-state index in [0.717, 1.165) is 10.9 Å². The average Bonchev–Trinajstić information content (AvgIpc) is 2.24. The van der Waals surface area contributed by atoms with Gasteiger partial charge in [0.2, 0.25) is 0 Å². The third-order valence-corrected chi connectivity index (χ3v) is 2.81. The predicted octanol–water partition coefficient (Wildman–Crippen LogP) is 2.13. The molecule has 0 aliphatic carbocycles. The van der Waals surface area contributed by atoms with Gasteiger partial charge in [0.15, 0.2) is 0 Å². The third kappa shape index (κ3) is 1.82. The Kier molecular flexibility index (Phi) is 2.96.